The summed E-state index contributed by atoms with van der Waals surface area (Å²) in [7, 11) is -5.01. The van der Waals surface area contributed by atoms with E-state index in [1.807, 2.05) is 0 Å². The molecule has 0 aromatic carbocycles. The minimum Gasteiger partial charge on any atom is -0.724 e. The first kappa shape index (κ1) is 15.5. The molecule has 2 amide bonds. The Morgan fingerprint density at radius 1 is 1.50 bits per heavy atom. The van der Waals surface area contributed by atoms with E-state index < -0.39 is 22.5 Å². The molecule has 2 bridgehead atoms. The van der Waals surface area contributed by atoms with E-state index in [9.17, 15) is 17.8 Å². The maximum absolute atomic E-state index is 11.8. The number of hydrogen-bond donors (Lipinski definition) is 0. The molecule has 1 atom stereocenters. The van der Waals surface area contributed by atoms with Crippen molar-refractivity contribution in [3.63, 3.8) is 0 Å². The summed E-state index contributed by atoms with van der Waals surface area (Å²) >= 11 is 0. The molecule has 0 N–H and O–H groups in total. The van der Waals surface area contributed by atoms with Gasteiger partial charge in [-0.05, 0) is 5.57 Å². The number of carbonyl (C=O) groups excluding carboxylic acids is 1. The molecule has 1 aromatic heterocycles. The van der Waals surface area contributed by atoms with Crippen LogP contribution in [0.5, 0.6) is 0 Å². The fourth-order valence-corrected chi connectivity index (χ4v) is 2.56. The van der Waals surface area contributed by atoms with Crippen LogP contribution in [0.25, 0.3) is 5.57 Å². The van der Waals surface area contributed by atoms with Gasteiger partial charge in [0.25, 0.3) is 0 Å². The third-order valence-electron chi connectivity index (χ3n) is 2.96. The van der Waals surface area contributed by atoms with Gasteiger partial charge in [0.2, 0.25) is 10.4 Å². The molecule has 3 rings (SSSR count). The van der Waals surface area contributed by atoms with Crippen LogP contribution in [0.2, 0.25) is 0 Å². The molecule has 1 unspecified atom stereocenters. The predicted molar refractivity (Wildman–Crippen MR) is 57.9 cm³/mol. The Balaban J connectivity index is 0.00000147. The van der Waals surface area contributed by atoms with Crippen molar-refractivity contribution in [1.29, 1.82) is 0 Å². The van der Waals surface area contributed by atoms with Gasteiger partial charge in [0.15, 0.2) is 0 Å². The zero-order valence-corrected chi connectivity index (χ0v) is 13.2. The van der Waals surface area contributed by atoms with Crippen molar-refractivity contribution < 1.29 is 56.1 Å². The van der Waals surface area contributed by atoms with Crippen molar-refractivity contribution in [2.75, 3.05) is 13.1 Å². The number of fused-ring (bicyclic) bond motifs is 2. The normalized spacial score (nSPS) is 21.8. The minimum atomic E-state index is -5.01. The van der Waals surface area contributed by atoms with E-state index in [2.05, 4.69) is 9.44 Å². The van der Waals surface area contributed by atoms with Gasteiger partial charge in [-0.15, -0.1) is 0 Å². The number of nitrogens with zero attached hydrogens (tertiary/aromatic N) is 3. The second-order valence-corrected chi connectivity index (χ2v) is 5.05. The zero-order chi connectivity index (χ0) is 13.6. The third-order valence-corrected chi connectivity index (χ3v) is 3.31. The van der Waals surface area contributed by atoms with Gasteiger partial charge < -0.3 is 14.0 Å². The molecule has 2 aliphatic rings. The van der Waals surface area contributed by atoms with Crippen LogP contribution < -0.4 is 29.6 Å². The van der Waals surface area contributed by atoms with Gasteiger partial charge in [-0.1, -0.05) is 11.2 Å². The first-order valence-corrected chi connectivity index (χ1v) is 6.62. The van der Waals surface area contributed by atoms with Crippen molar-refractivity contribution in [3.05, 3.63) is 24.1 Å². The van der Waals surface area contributed by atoms with Crippen LogP contribution in [0.3, 0.4) is 0 Å². The van der Waals surface area contributed by atoms with Crippen molar-refractivity contribution in [2.24, 2.45) is 0 Å². The van der Waals surface area contributed by atoms with Crippen molar-refractivity contribution in [2.45, 2.75) is 6.04 Å². The van der Waals surface area contributed by atoms with Gasteiger partial charge >= 0.3 is 35.6 Å². The van der Waals surface area contributed by atoms with Gasteiger partial charge in [0.1, 0.15) is 12.3 Å². The molecule has 9 nitrogen and oxygen atoms in total. The summed E-state index contributed by atoms with van der Waals surface area (Å²) < 4.78 is 41.0. The summed E-state index contributed by atoms with van der Waals surface area (Å²) in [4.78, 5) is 13.2. The number of urea groups is 1. The standard InChI is InChI=1S/C9H9N3O6S.Na/c13-9-11-2-1-7(6-3-10-17-5-6)8(4-11)12(9)18-19(14,15)16;/h1,3,5,8H,2,4H2,(H,14,15,16);/q;+1/p-1. The molecule has 1 saturated heterocycles. The topological polar surface area (TPSA) is 116 Å². The Hall–Kier alpha value is -0.910. The Morgan fingerprint density at radius 2 is 2.25 bits per heavy atom. The third kappa shape index (κ3) is 2.75. The van der Waals surface area contributed by atoms with Crippen molar-refractivity contribution >= 4 is 22.0 Å². The van der Waals surface area contributed by atoms with E-state index in [1.54, 1.807) is 6.08 Å². The van der Waals surface area contributed by atoms with Crippen LogP contribution in [0.1, 0.15) is 5.56 Å². The van der Waals surface area contributed by atoms with Gasteiger partial charge in [0, 0.05) is 12.1 Å². The number of hydrogen-bond acceptors (Lipinski definition) is 7. The van der Waals surface area contributed by atoms with Crippen LogP contribution in [0, 0.1) is 0 Å². The molecule has 0 radical (unpaired) electrons. The Labute approximate surface area is 136 Å². The van der Waals surface area contributed by atoms with Crippen LogP contribution in [-0.2, 0) is 14.7 Å². The number of rotatable bonds is 3. The van der Waals surface area contributed by atoms with Crippen LogP contribution in [-0.4, -0.2) is 53.3 Å². The summed E-state index contributed by atoms with van der Waals surface area (Å²) in [6, 6.07) is -1.34. The van der Waals surface area contributed by atoms with E-state index in [0.29, 0.717) is 22.7 Å². The number of hydroxylamine groups is 2. The molecule has 102 valence electrons. The molecule has 3 heterocycles. The maximum Gasteiger partial charge on any atom is 1.00 e. The van der Waals surface area contributed by atoms with Crippen LogP contribution >= 0.6 is 0 Å². The van der Waals surface area contributed by atoms with E-state index in [4.69, 9.17) is 4.52 Å². The van der Waals surface area contributed by atoms with E-state index in [-0.39, 0.29) is 36.1 Å². The van der Waals surface area contributed by atoms with E-state index in [0.717, 1.165) is 0 Å². The summed E-state index contributed by atoms with van der Waals surface area (Å²) in [5.74, 6) is 0. The summed E-state index contributed by atoms with van der Waals surface area (Å²) in [6.45, 7) is 0.542. The molecular formula is C9H8N3NaO6S. The maximum atomic E-state index is 11.8. The molecule has 0 saturated carbocycles. The average molecular weight is 309 g/mol. The minimum absolute atomic E-state index is 0. The SMILES string of the molecule is O=C1N2CC=C(c3cnoc3)C(C2)N1OS(=O)(=O)[O-].[Na+]. The van der Waals surface area contributed by atoms with Crippen LogP contribution in [0.4, 0.5) is 4.79 Å². The summed E-state index contributed by atoms with van der Waals surface area (Å²) in [6.07, 6.45) is 4.54. The Kier molecular flexibility index (Phi) is 4.23. The molecule has 11 heteroatoms. The molecule has 0 aliphatic carbocycles. The number of carbonyl (C=O) groups is 1. The first-order chi connectivity index (χ1) is 8.96. The zero-order valence-electron chi connectivity index (χ0n) is 10.4. The first-order valence-electron chi connectivity index (χ1n) is 5.29. The van der Waals surface area contributed by atoms with Crippen molar-refractivity contribution in [3.8, 4) is 0 Å². The number of aromatic nitrogens is 1. The average Bonchev–Trinajstić information content (AvgIpc) is 2.93. The van der Waals surface area contributed by atoms with Gasteiger partial charge in [-0.3, -0.25) is 0 Å². The van der Waals surface area contributed by atoms with Gasteiger partial charge in [-0.2, -0.15) is 9.35 Å². The molecule has 1 fully saturated rings. The number of amides is 2. The molecular weight excluding hydrogens is 301 g/mol. The molecule has 20 heavy (non-hydrogen) atoms. The second kappa shape index (κ2) is 5.47. The predicted octanol–water partition coefficient (Wildman–Crippen LogP) is -3.43. The van der Waals surface area contributed by atoms with Crippen molar-refractivity contribution in [1.82, 2.24) is 15.1 Å². The van der Waals surface area contributed by atoms with Crippen LogP contribution in [0.15, 0.2) is 23.1 Å². The van der Waals surface area contributed by atoms with Gasteiger partial charge in [0.05, 0.1) is 12.7 Å². The smallest absolute Gasteiger partial charge is 0.724 e. The van der Waals surface area contributed by atoms with E-state index >= 15 is 0 Å². The fourth-order valence-electron chi connectivity index (χ4n) is 2.20. The second-order valence-electron chi connectivity index (χ2n) is 4.08. The fraction of sp³-hybridized carbons (Fsp3) is 0.333. The molecule has 0 spiro atoms. The summed E-state index contributed by atoms with van der Waals surface area (Å²) in [5.41, 5.74) is 1.24. The van der Waals surface area contributed by atoms with Gasteiger partial charge in [-0.25, -0.2) is 13.2 Å². The monoisotopic (exact) mass is 309 g/mol. The Morgan fingerprint density at radius 3 is 2.85 bits per heavy atom. The molecule has 2 aliphatic heterocycles. The summed E-state index contributed by atoms with van der Waals surface area (Å²) in [5, 5.41) is 4.12. The molecule has 1 aromatic rings. The quantitative estimate of drug-likeness (QED) is 0.324. The van der Waals surface area contributed by atoms with E-state index in [1.165, 1.54) is 17.4 Å². The largest absolute Gasteiger partial charge is 1.00 e. The Bertz CT molecular complexity index is 643.